The molecule has 118 valence electrons. The Kier molecular flexibility index (Phi) is 3.19. The standard InChI is InChI=1S/C16H17N5OS/c1-9-10(2)23-16-14(9)15(17-8-18-16)21-5-4-12-11(7-21)6-13(22)20(3)19-12/h6,8H,4-5,7H2,1-3H3. The molecule has 1 aliphatic rings. The largest absolute Gasteiger partial charge is 0.351 e. The fraction of sp³-hybridized carbons (Fsp3) is 0.375. The van der Waals surface area contributed by atoms with E-state index in [0.717, 1.165) is 40.3 Å². The predicted molar refractivity (Wildman–Crippen MR) is 91.1 cm³/mol. The van der Waals surface area contributed by atoms with Crippen molar-refractivity contribution in [2.75, 3.05) is 11.4 Å². The minimum absolute atomic E-state index is 0.0685. The average Bonchev–Trinajstić information content (AvgIpc) is 2.83. The lowest BCUT2D eigenvalue weighted by atomic mass is 10.1. The number of aryl methyl sites for hydroxylation is 3. The third kappa shape index (κ3) is 2.23. The summed E-state index contributed by atoms with van der Waals surface area (Å²) in [6.45, 7) is 5.75. The van der Waals surface area contributed by atoms with Crippen molar-refractivity contribution < 1.29 is 0 Å². The van der Waals surface area contributed by atoms with Crippen molar-refractivity contribution in [1.82, 2.24) is 19.7 Å². The van der Waals surface area contributed by atoms with Gasteiger partial charge in [0.2, 0.25) is 0 Å². The molecule has 0 saturated carbocycles. The summed E-state index contributed by atoms with van der Waals surface area (Å²) in [5.41, 5.74) is 3.18. The monoisotopic (exact) mass is 327 g/mol. The maximum atomic E-state index is 11.9. The van der Waals surface area contributed by atoms with E-state index in [1.807, 2.05) is 0 Å². The molecule has 0 atom stereocenters. The van der Waals surface area contributed by atoms with Crippen LogP contribution < -0.4 is 10.5 Å². The van der Waals surface area contributed by atoms with E-state index in [0.29, 0.717) is 6.54 Å². The SMILES string of the molecule is Cc1sc2ncnc(N3CCc4nn(C)c(=O)cc4C3)c2c1C. The molecule has 0 aromatic carbocycles. The van der Waals surface area contributed by atoms with E-state index >= 15 is 0 Å². The van der Waals surface area contributed by atoms with Crippen LogP contribution in [0.25, 0.3) is 10.2 Å². The third-order valence-corrected chi connectivity index (χ3v) is 5.60. The van der Waals surface area contributed by atoms with Gasteiger partial charge in [-0.05, 0) is 19.4 Å². The fourth-order valence-corrected chi connectivity index (χ4v) is 4.07. The van der Waals surface area contributed by atoms with Gasteiger partial charge < -0.3 is 4.90 Å². The molecule has 3 aromatic heterocycles. The Morgan fingerprint density at radius 2 is 2.09 bits per heavy atom. The highest BCUT2D eigenvalue weighted by Gasteiger charge is 2.23. The second-order valence-corrected chi connectivity index (χ2v) is 7.11. The summed E-state index contributed by atoms with van der Waals surface area (Å²) in [6.07, 6.45) is 2.45. The van der Waals surface area contributed by atoms with Gasteiger partial charge in [-0.25, -0.2) is 14.6 Å². The van der Waals surface area contributed by atoms with Gasteiger partial charge in [-0.2, -0.15) is 5.10 Å². The maximum Gasteiger partial charge on any atom is 0.266 e. The van der Waals surface area contributed by atoms with E-state index in [2.05, 4.69) is 33.8 Å². The molecule has 0 bridgehead atoms. The van der Waals surface area contributed by atoms with Gasteiger partial charge >= 0.3 is 0 Å². The smallest absolute Gasteiger partial charge is 0.266 e. The summed E-state index contributed by atoms with van der Waals surface area (Å²) in [6, 6.07) is 1.69. The number of aromatic nitrogens is 4. The second kappa shape index (κ2) is 5.13. The molecule has 0 amide bonds. The van der Waals surface area contributed by atoms with E-state index in [-0.39, 0.29) is 5.56 Å². The second-order valence-electron chi connectivity index (χ2n) is 5.91. The van der Waals surface area contributed by atoms with Crippen LogP contribution in [-0.2, 0) is 20.0 Å². The zero-order chi connectivity index (χ0) is 16.1. The average molecular weight is 327 g/mol. The van der Waals surface area contributed by atoms with Crippen molar-refractivity contribution in [3.05, 3.63) is 44.4 Å². The number of fused-ring (bicyclic) bond motifs is 2. The van der Waals surface area contributed by atoms with Gasteiger partial charge in [0.1, 0.15) is 17.0 Å². The molecule has 3 aromatic rings. The Bertz CT molecular complexity index is 974. The summed E-state index contributed by atoms with van der Waals surface area (Å²) in [4.78, 5) is 25.3. The van der Waals surface area contributed by atoms with Gasteiger partial charge in [0, 0.05) is 43.1 Å². The third-order valence-electron chi connectivity index (χ3n) is 4.48. The molecule has 7 heteroatoms. The van der Waals surface area contributed by atoms with Gasteiger partial charge in [-0.3, -0.25) is 4.79 Å². The van der Waals surface area contributed by atoms with Crippen LogP contribution in [0, 0.1) is 13.8 Å². The van der Waals surface area contributed by atoms with Crippen LogP contribution in [0.1, 0.15) is 21.7 Å². The lowest BCUT2D eigenvalue weighted by Crippen LogP contribution is -2.34. The van der Waals surface area contributed by atoms with Gasteiger partial charge in [0.05, 0.1) is 11.1 Å². The Morgan fingerprint density at radius 1 is 1.26 bits per heavy atom. The summed E-state index contributed by atoms with van der Waals surface area (Å²) in [5.74, 6) is 0.961. The van der Waals surface area contributed by atoms with Crippen LogP contribution in [0.3, 0.4) is 0 Å². The lowest BCUT2D eigenvalue weighted by molar-refractivity contribution is 0.623. The van der Waals surface area contributed by atoms with Crippen molar-refractivity contribution in [2.24, 2.45) is 7.05 Å². The number of anilines is 1. The van der Waals surface area contributed by atoms with Crippen LogP contribution in [0.2, 0.25) is 0 Å². The van der Waals surface area contributed by atoms with Crippen LogP contribution in [0.5, 0.6) is 0 Å². The molecule has 0 N–H and O–H groups in total. The van der Waals surface area contributed by atoms with Gasteiger partial charge in [0.25, 0.3) is 5.56 Å². The molecule has 0 saturated heterocycles. The van der Waals surface area contributed by atoms with Crippen LogP contribution in [0.4, 0.5) is 5.82 Å². The van der Waals surface area contributed by atoms with Gasteiger partial charge in [0.15, 0.2) is 0 Å². The molecule has 1 aliphatic heterocycles. The highest BCUT2D eigenvalue weighted by atomic mass is 32.1. The van der Waals surface area contributed by atoms with Crippen LogP contribution >= 0.6 is 11.3 Å². The maximum absolute atomic E-state index is 11.9. The first-order valence-corrected chi connectivity index (χ1v) is 8.38. The molecule has 4 rings (SSSR count). The zero-order valence-electron chi connectivity index (χ0n) is 13.3. The Labute approximate surface area is 137 Å². The molecular weight excluding hydrogens is 310 g/mol. The summed E-state index contributed by atoms with van der Waals surface area (Å²) in [7, 11) is 1.69. The van der Waals surface area contributed by atoms with Crippen molar-refractivity contribution in [2.45, 2.75) is 26.8 Å². The van der Waals surface area contributed by atoms with Crippen molar-refractivity contribution in [3.63, 3.8) is 0 Å². The van der Waals surface area contributed by atoms with Gasteiger partial charge in [-0.1, -0.05) is 0 Å². The van der Waals surface area contributed by atoms with Crippen molar-refractivity contribution >= 4 is 27.4 Å². The van der Waals surface area contributed by atoms with E-state index in [1.165, 1.54) is 15.1 Å². The van der Waals surface area contributed by atoms with E-state index < -0.39 is 0 Å². The topological polar surface area (TPSA) is 63.9 Å². The molecule has 0 aliphatic carbocycles. The molecule has 0 radical (unpaired) electrons. The number of rotatable bonds is 1. The van der Waals surface area contributed by atoms with Crippen molar-refractivity contribution in [1.29, 1.82) is 0 Å². The molecule has 0 fully saturated rings. The lowest BCUT2D eigenvalue weighted by Gasteiger charge is -2.29. The van der Waals surface area contributed by atoms with Gasteiger partial charge in [-0.15, -0.1) is 11.3 Å². The summed E-state index contributed by atoms with van der Waals surface area (Å²) >= 11 is 1.70. The van der Waals surface area contributed by atoms with E-state index in [9.17, 15) is 4.79 Å². The first-order valence-electron chi connectivity index (χ1n) is 7.56. The van der Waals surface area contributed by atoms with Crippen molar-refractivity contribution in [3.8, 4) is 0 Å². The van der Waals surface area contributed by atoms with Crippen LogP contribution in [0.15, 0.2) is 17.2 Å². The zero-order valence-corrected chi connectivity index (χ0v) is 14.1. The number of hydrogen-bond acceptors (Lipinski definition) is 6. The normalized spacial score (nSPS) is 14.3. The first-order chi connectivity index (χ1) is 11.0. The molecule has 23 heavy (non-hydrogen) atoms. The van der Waals surface area contributed by atoms with E-state index in [4.69, 9.17) is 0 Å². The first kappa shape index (κ1) is 14.3. The number of nitrogens with zero attached hydrogens (tertiary/aromatic N) is 5. The quantitative estimate of drug-likeness (QED) is 0.684. The molecule has 4 heterocycles. The highest BCUT2D eigenvalue weighted by molar-refractivity contribution is 7.18. The fourth-order valence-electron chi connectivity index (χ4n) is 3.08. The Balaban J connectivity index is 1.81. The summed E-state index contributed by atoms with van der Waals surface area (Å²) in [5, 5.41) is 5.51. The van der Waals surface area contributed by atoms with E-state index in [1.54, 1.807) is 30.8 Å². The predicted octanol–water partition coefficient (Wildman–Crippen LogP) is 1.96. The number of thiophene rings is 1. The minimum atomic E-state index is -0.0685. The summed E-state index contributed by atoms with van der Waals surface area (Å²) < 4.78 is 1.41. The highest BCUT2D eigenvalue weighted by Crippen LogP contribution is 2.35. The minimum Gasteiger partial charge on any atom is -0.351 e. The Hall–Kier alpha value is -2.28. The molecular formula is C16H17N5OS. The van der Waals surface area contributed by atoms with Crippen LogP contribution in [-0.4, -0.2) is 26.3 Å². The molecule has 6 nitrogen and oxygen atoms in total. The molecule has 0 spiro atoms. The Morgan fingerprint density at radius 3 is 2.91 bits per heavy atom. The molecule has 0 unspecified atom stereocenters. The number of hydrogen-bond donors (Lipinski definition) is 0.